The van der Waals surface area contributed by atoms with Crippen LogP contribution in [0.15, 0.2) is 78.9 Å². The first-order valence-electron chi connectivity index (χ1n) is 16.7. The Bertz CT molecular complexity index is 1840. The van der Waals surface area contributed by atoms with Crippen molar-refractivity contribution in [2.24, 2.45) is 0 Å². The Hall–Kier alpha value is -6.26. The Morgan fingerprint density at radius 1 is 0.704 bits per heavy atom. The molecule has 3 aromatic carbocycles. The van der Waals surface area contributed by atoms with Crippen LogP contribution in [0.4, 0.5) is 18.9 Å². The van der Waals surface area contributed by atoms with Gasteiger partial charge in [0.2, 0.25) is 29.5 Å². The standard InChI is InChI=1S/C37H38F3N5O9/c1-54-36(53)29-19-23-9-13-25(14-10-23)41-30(46)15-16-31(47)42-28(20-32(48)49)35(52)44-27(18-22-7-11-24(12-8-22)37(38,39)40)33(50)43-26(34(51)45-29)17-21-5-3-2-4-6-21/h2-14,26-29H,15-20H2,1H3,(H,41,46)(H,42,47)(H,43,50)(H,44,52)(H,45,51)(H,48,49). The second-order valence-corrected chi connectivity index (χ2v) is 12.5. The largest absolute Gasteiger partial charge is 0.481 e. The number of amides is 5. The van der Waals surface area contributed by atoms with Gasteiger partial charge >= 0.3 is 18.1 Å². The number of methoxy groups -OCH3 is 1. The molecule has 2 bridgehead atoms. The third-order valence-electron chi connectivity index (χ3n) is 8.36. The number of alkyl halides is 3. The summed E-state index contributed by atoms with van der Waals surface area (Å²) < 4.78 is 44.7. The number of fused-ring (bicyclic) bond motifs is 18. The lowest BCUT2D eigenvalue weighted by Crippen LogP contribution is -2.59. The van der Waals surface area contributed by atoms with Gasteiger partial charge in [0, 0.05) is 37.8 Å². The fraction of sp³-hybridized carbons (Fsp3) is 0.324. The molecule has 0 aromatic heterocycles. The van der Waals surface area contributed by atoms with Crippen LogP contribution in [-0.4, -0.2) is 77.9 Å². The van der Waals surface area contributed by atoms with Gasteiger partial charge in [-0.05, 0) is 41.0 Å². The van der Waals surface area contributed by atoms with E-state index >= 15 is 0 Å². The fourth-order valence-electron chi connectivity index (χ4n) is 5.55. The van der Waals surface area contributed by atoms with Gasteiger partial charge in [-0.3, -0.25) is 28.8 Å². The minimum atomic E-state index is -4.66. The van der Waals surface area contributed by atoms with Crippen LogP contribution in [0.1, 0.15) is 41.5 Å². The zero-order valence-electron chi connectivity index (χ0n) is 28.9. The van der Waals surface area contributed by atoms with Crippen LogP contribution in [0, 0.1) is 0 Å². The Morgan fingerprint density at radius 2 is 1.24 bits per heavy atom. The molecule has 4 unspecified atom stereocenters. The molecule has 0 saturated carbocycles. The van der Waals surface area contributed by atoms with E-state index in [1.165, 1.54) is 12.1 Å². The highest BCUT2D eigenvalue weighted by Gasteiger charge is 2.34. The Labute approximate surface area is 307 Å². The molecule has 0 spiro atoms. The molecule has 3 aromatic rings. The minimum absolute atomic E-state index is 0.0591. The molecule has 4 atom stereocenters. The summed E-state index contributed by atoms with van der Waals surface area (Å²) in [6, 6.07) is 12.5. The van der Waals surface area contributed by atoms with E-state index in [0.717, 1.165) is 31.4 Å². The summed E-state index contributed by atoms with van der Waals surface area (Å²) in [6.45, 7) is 0. The van der Waals surface area contributed by atoms with E-state index in [1.807, 2.05) is 0 Å². The van der Waals surface area contributed by atoms with Crippen molar-refractivity contribution in [2.45, 2.75) is 68.9 Å². The predicted molar refractivity (Wildman–Crippen MR) is 185 cm³/mol. The number of rotatable bonds is 7. The summed E-state index contributed by atoms with van der Waals surface area (Å²) >= 11 is 0. The van der Waals surface area contributed by atoms with Gasteiger partial charge in [0.05, 0.1) is 19.1 Å². The molecule has 54 heavy (non-hydrogen) atoms. The lowest BCUT2D eigenvalue weighted by Gasteiger charge is -2.26. The van der Waals surface area contributed by atoms with Crippen molar-refractivity contribution in [3.63, 3.8) is 0 Å². The molecule has 0 radical (unpaired) electrons. The van der Waals surface area contributed by atoms with Gasteiger partial charge < -0.3 is 36.4 Å². The maximum Gasteiger partial charge on any atom is 0.416 e. The number of esters is 1. The lowest BCUT2D eigenvalue weighted by molar-refractivity contribution is -0.145. The number of carboxylic acid groups (broad SMARTS) is 1. The van der Waals surface area contributed by atoms with E-state index < -0.39 is 96.6 Å². The van der Waals surface area contributed by atoms with E-state index in [9.17, 15) is 51.8 Å². The normalized spacial score (nSPS) is 20.6. The van der Waals surface area contributed by atoms with Gasteiger partial charge in [-0.15, -0.1) is 0 Å². The van der Waals surface area contributed by atoms with Crippen LogP contribution in [0.3, 0.4) is 0 Å². The number of hydrogen-bond acceptors (Lipinski definition) is 8. The van der Waals surface area contributed by atoms with Crippen molar-refractivity contribution in [3.05, 3.63) is 101 Å². The number of ether oxygens (including phenoxy) is 1. The summed E-state index contributed by atoms with van der Waals surface area (Å²) in [7, 11) is 1.13. The van der Waals surface area contributed by atoms with E-state index in [2.05, 4.69) is 26.6 Å². The van der Waals surface area contributed by atoms with Gasteiger partial charge in [0.25, 0.3) is 0 Å². The molecule has 5 amide bonds. The van der Waals surface area contributed by atoms with E-state index in [-0.39, 0.29) is 24.8 Å². The van der Waals surface area contributed by atoms with E-state index in [1.54, 1.807) is 42.5 Å². The van der Waals surface area contributed by atoms with Crippen molar-refractivity contribution in [2.75, 3.05) is 12.4 Å². The Balaban J connectivity index is 1.74. The number of hydrogen-bond donors (Lipinski definition) is 6. The van der Waals surface area contributed by atoms with Crippen LogP contribution in [0.5, 0.6) is 0 Å². The van der Waals surface area contributed by atoms with Crippen LogP contribution < -0.4 is 26.6 Å². The molecule has 2 aliphatic rings. The first kappa shape index (κ1) is 40.5. The average molecular weight is 754 g/mol. The highest BCUT2D eigenvalue weighted by Crippen LogP contribution is 2.29. The number of halogens is 3. The molecule has 17 heteroatoms. The van der Waals surface area contributed by atoms with Gasteiger partial charge in [-0.2, -0.15) is 13.2 Å². The first-order valence-corrected chi connectivity index (χ1v) is 16.7. The molecule has 0 saturated heterocycles. The number of anilines is 1. The summed E-state index contributed by atoms with van der Waals surface area (Å²) in [5.41, 5.74) is 0.672. The maximum absolute atomic E-state index is 14.0. The second kappa shape index (κ2) is 18.5. The van der Waals surface area contributed by atoms with Crippen molar-refractivity contribution >= 4 is 47.2 Å². The molecular formula is C37H38F3N5O9. The van der Waals surface area contributed by atoms with Gasteiger partial charge in [0.15, 0.2) is 0 Å². The summed E-state index contributed by atoms with van der Waals surface area (Å²) in [6.07, 6.45) is -6.99. The summed E-state index contributed by atoms with van der Waals surface area (Å²) in [4.78, 5) is 91.4. The second-order valence-electron chi connectivity index (χ2n) is 12.5. The first-order chi connectivity index (χ1) is 25.6. The lowest BCUT2D eigenvalue weighted by atomic mass is 10.00. The molecule has 286 valence electrons. The molecule has 0 aliphatic carbocycles. The highest BCUT2D eigenvalue weighted by atomic mass is 19.4. The quantitative estimate of drug-likeness (QED) is 0.154. The number of carbonyl (C=O) groups is 7. The smallest absolute Gasteiger partial charge is 0.416 e. The van der Waals surface area contributed by atoms with Crippen LogP contribution in [0.2, 0.25) is 0 Å². The van der Waals surface area contributed by atoms with Gasteiger partial charge in [-0.25, -0.2) is 4.79 Å². The Morgan fingerprint density at radius 3 is 1.80 bits per heavy atom. The maximum atomic E-state index is 14.0. The van der Waals surface area contributed by atoms with Crippen LogP contribution >= 0.6 is 0 Å². The fourth-order valence-corrected chi connectivity index (χ4v) is 5.55. The van der Waals surface area contributed by atoms with E-state index in [0.29, 0.717) is 16.8 Å². The Kier molecular flexibility index (Phi) is 13.9. The van der Waals surface area contributed by atoms with Crippen LogP contribution in [0.25, 0.3) is 0 Å². The molecule has 14 nitrogen and oxygen atoms in total. The monoisotopic (exact) mass is 753 g/mol. The third kappa shape index (κ3) is 12.2. The number of aliphatic carboxylic acids is 1. The summed E-state index contributed by atoms with van der Waals surface area (Å²) in [5, 5.41) is 21.9. The number of benzene rings is 3. The molecule has 2 heterocycles. The number of nitrogens with one attached hydrogen (secondary N) is 5. The summed E-state index contributed by atoms with van der Waals surface area (Å²) in [5.74, 6) is -6.70. The molecule has 5 rings (SSSR count). The van der Waals surface area contributed by atoms with Gasteiger partial charge in [0.1, 0.15) is 24.2 Å². The minimum Gasteiger partial charge on any atom is -0.481 e. The average Bonchev–Trinajstić information content (AvgIpc) is 3.13. The molecule has 2 aliphatic heterocycles. The van der Waals surface area contributed by atoms with E-state index in [4.69, 9.17) is 4.74 Å². The number of carbonyl (C=O) groups excluding carboxylic acids is 6. The topological polar surface area (TPSA) is 209 Å². The van der Waals surface area contributed by atoms with Crippen molar-refractivity contribution in [3.8, 4) is 0 Å². The van der Waals surface area contributed by atoms with Crippen molar-refractivity contribution in [1.82, 2.24) is 21.3 Å². The molecule has 6 N–H and O–H groups in total. The SMILES string of the molecule is COC(=O)C1Cc2ccc(cc2)NC(=O)CCC(=O)NC(CC(=O)O)C(=O)NC(Cc2ccc(C(F)(F)F)cc2)C(=O)NC(Cc2ccccc2)C(=O)N1. The van der Waals surface area contributed by atoms with Gasteiger partial charge in [-0.1, -0.05) is 54.6 Å². The highest BCUT2D eigenvalue weighted by molar-refractivity contribution is 5.97. The van der Waals surface area contributed by atoms with Crippen molar-refractivity contribution < 1.29 is 56.6 Å². The zero-order chi connectivity index (χ0) is 39.4. The zero-order valence-corrected chi connectivity index (χ0v) is 28.9. The molecule has 0 fully saturated rings. The molecular weight excluding hydrogens is 715 g/mol. The predicted octanol–water partition coefficient (Wildman–Crippen LogP) is 2.05. The number of carboxylic acids is 1. The van der Waals surface area contributed by atoms with Crippen molar-refractivity contribution in [1.29, 1.82) is 0 Å². The third-order valence-corrected chi connectivity index (χ3v) is 8.36. The van der Waals surface area contributed by atoms with Crippen LogP contribution in [-0.2, 0) is 63.7 Å².